The third-order valence-electron chi connectivity index (χ3n) is 2.88. The molecule has 0 radical (unpaired) electrons. The van der Waals surface area contributed by atoms with Crippen molar-refractivity contribution in [3.05, 3.63) is 45.9 Å². The number of benzene rings is 1. The van der Waals surface area contributed by atoms with Gasteiger partial charge in [0.25, 0.3) is 5.91 Å². The van der Waals surface area contributed by atoms with Crippen molar-refractivity contribution in [2.75, 3.05) is 19.7 Å². The highest BCUT2D eigenvalue weighted by Gasteiger charge is 2.09. The van der Waals surface area contributed by atoms with Gasteiger partial charge in [0, 0.05) is 11.8 Å². The van der Waals surface area contributed by atoms with E-state index in [1.807, 2.05) is 31.2 Å². The second kappa shape index (κ2) is 7.75. The van der Waals surface area contributed by atoms with Gasteiger partial charge in [-0.3, -0.25) is 4.79 Å². The summed E-state index contributed by atoms with van der Waals surface area (Å²) >= 11 is 1.46. The van der Waals surface area contributed by atoms with Crippen LogP contribution in [0.5, 0.6) is 5.75 Å². The Bertz CT molecular complexity index is 598. The predicted molar refractivity (Wildman–Crippen MR) is 83.9 cm³/mol. The van der Waals surface area contributed by atoms with E-state index in [4.69, 9.17) is 10.5 Å². The quantitative estimate of drug-likeness (QED) is 0.764. The normalized spacial score (nSPS) is 10.4. The van der Waals surface area contributed by atoms with Crippen LogP contribution in [0.25, 0.3) is 0 Å². The number of hydrogen-bond acceptors (Lipinski definition) is 5. The van der Waals surface area contributed by atoms with Crippen molar-refractivity contribution in [2.24, 2.45) is 5.73 Å². The number of nitrogens with two attached hydrogens (primary N) is 1. The number of aromatic nitrogens is 1. The Morgan fingerprint density at radius 2 is 2.24 bits per heavy atom. The van der Waals surface area contributed by atoms with Gasteiger partial charge in [0.15, 0.2) is 0 Å². The summed E-state index contributed by atoms with van der Waals surface area (Å²) in [5.74, 6) is 0.661. The first-order valence-corrected chi connectivity index (χ1v) is 7.69. The van der Waals surface area contributed by atoms with Gasteiger partial charge in [-0.1, -0.05) is 18.2 Å². The molecule has 1 amide bonds. The minimum absolute atomic E-state index is 0.178. The van der Waals surface area contributed by atoms with Gasteiger partial charge in [-0.05, 0) is 25.1 Å². The van der Waals surface area contributed by atoms with Crippen molar-refractivity contribution in [3.8, 4) is 5.75 Å². The number of nitrogens with one attached hydrogen (secondary N) is 1. The Labute approximate surface area is 128 Å². The third-order valence-corrected chi connectivity index (χ3v) is 3.79. The van der Waals surface area contributed by atoms with Gasteiger partial charge in [0.2, 0.25) is 0 Å². The molecule has 21 heavy (non-hydrogen) atoms. The maximum atomic E-state index is 11.9. The van der Waals surface area contributed by atoms with Crippen molar-refractivity contribution in [1.29, 1.82) is 0 Å². The topological polar surface area (TPSA) is 77.2 Å². The fourth-order valence-corrected chi connectivity index (χ4v) is 2.58. The standard InChI is InChI=1S/C15H19N3O2S/c1-11-4-2-3-5-13(11)20-9-8-17-15(19)12-10-21-14(18-12)6-7-16/h2-5,10H,6-9,16H2,1H3,(H,17,19). The third kappa shape index (κ3) is 4.54. The van der Waals surface area contributed by atoms with E-state index in [1.165, 1.54) is 11.3 Å². The Morgan fingerprint density at radius 3 is 3.00 bits per heavy atom. The summed E-state index contributed by atoms with van der Waals surface area (Å²) in [7, 11) is 0. The largest absolute Gasteiger partial charge is 0.491 e. The molecular weight excluding hydrogens is 286 g/mol. The maximum Gasteiger partial charge on any atom is 0.270 e. The smallest absolute Gasteiger partial charge is 0.270 e. The second-order valence-electron chi connectivity index (χ2n) is 4.54. The first-order valence-electron chi connectivity index (χ1n) is 6.82. The summed E-state index contributed by atoms with van der Waals surface area (Å²) in [4.78, 5) is 16.1. The highest BCUT2D eigenvalue weighted by Crippen LogP contribution is 2.15. The zero-order chi connectivity index (χ0) is 15.1. The molecule has 1 aromatic heterocycles. The van der Waals surface area contributed by atoms with Gasteiger partial charge in [-0.2, -0.15) is 0 Å². The molecule has 112 valence electrons. The van der Waals surface area contributed by atoms with Crippen molar-refractivity contribution < 1.29 is 9.53 Å². The summed E-state index contributed by atoms with van der Waals surface area (Å²) < 4.78 is 5.62. The number of rotatable bonds is 7. The number of carbonyl (C=O) groups excluding carboxylic acids is 1. The Morgan fingerprint density at radius 1 is 1.43 bits per heavy atom. The molecule has 0 bridgehead atoms. The first-order chi connectivity index (χ1) is 10.2. The monoisotopic (exact) mass is 305 g/mol. The number of thiazole rings is 1. The van der Waals surface area contributed by atoms with Crippen LogP contribution in [0.3, 0.4) is 0 Å². The lowest BCUT2D eigenvalue weighted by Crippen LogP contribution is -2.28. The molecule has 2 aromatic rings. The zero-order valence-corrected chi connectivity index (χ0v) is 12.8. The first kappa shape index (κ1) is 15.5. The number of carbonyl (C=O) groups is 1. The van der Waals surface area contributed by atoms with Crippen LogP contribution in [-0.2, 0) is 6.42 Å². The fraction of sp³-hybridized carbons (Fsp3) is 0.333. The molecule has 0 fully saturated rings. The van der Waals surface area contributed by atoms with Crippen LogP contribution in [0.2, 0.25) is 0 Å². The Balaban J connectivity index is 1.75. The molecular formula is C15H19N3O2S. The minimum Gasteiger partial charge on any atom is -0.491 e. The molecule has 6 heteroatoms. The number of para-hydroxylation sites is 1. The number of amides is 1. The van der Waals surface area contributed by atoms with E-state index in [0.717, 1.165) is 16.3 Å². The Kier molecular flexibility index (Phi) is 5.71. The van der Waals surface area contributed by atoms with E-state index in [0.29, 0.717) is 31.8 Å². The van der Waals surface area contributed by atoms with Crippen molar-refractivity contribution >= 4 is 17.2 Å². The lowest BCUT2D eigenvalue weighted by Gasteiger charge is -2.09. The van der Waals surface area contributed by atoms with E-state index in [2.05, 4.69) is 10.3 Å². The maximum absolute atomic E-state index is 11.9. The average Bonchev–Trinajstić information content (AvgIpc) is 2.94. The summed E-state index contributed by atoms with van der Waals surface area (Å²) in [5, 5.41) is 5.43. The summed E-state index contributed by atoms with van der Waals surface area (Å²) in [6.07, 6.45) is 0.703. The van der Waals surface area contributed by atoms with E-state index < -0.39 is 0 Å². The van der Waals surface area contributed by atoms with E-state index in [9.17, 15) is 4.79 Å². The molecule has 0 aliphatic rings. The number of aryl methyl sites for hydroxylation is 1. The molecule has 0 saturated heterocycles. The lowest BCUT2D eigenvalue weighted by molar-refractivity contribution is 0.0942. The average molecular weight is 305 g/mol. The molecule has 0 unspecified atom stereocenters. The molecule has 0 aliphatic heterocycles. The van der Waals surface area contributed by atoms with E-state index in [-0.39, 0.29) is 5.91 Å². The predicted octanol–water partition coefficient (Wildman–Crippen LogP) is 1.76. The molecule has 1 heterocycles. The van der Waals surface area contributed by atoms with Gasteiger partial charge >= 0.3 is 0 Å². The molecule has 1 aromatic carbocycles. The van der Waals surface area contributed by atoms with E-state index in [1.54, 1.807) is 5.38 Å². The van der Waals surface area contributed by atoms with Crippen LogP contribution >= 0.6 is 11.3 Å². The van der Waals surface area contributed by atoms with Gasteiger partial charge in [0.1, 0.15) is 18.1 Å². The van der Waals surface area contributed by atoms with Crippen molar-refractivity contribution in [1.82, 2.24) is 10.3 Å². The summed E-state index contributed by atoms with van der Waals surface area (Å²) in [5.41, 5.74) is 6.98. The van der Waals surface area contributed by atoms with Crippen molar-refractivity contribution in [3.63, 3.8) is 0 Å². The zero-order valence-electron chi connectivity index (χ0n) is 12.0. The van der Waals surface area contributed by atoms with Crippen LogP contribution in [0.1, 0.15) is 21.1 Å². The van der Waals surface area contributed by atoms with Gasteiger partial charge in [0.05, 0.1) is 11.6 Å². The number of ether oxygens (including phenoxy) is 1. The molecule has 5 nitrogen and oxygen atoms in total. The Hall–Kier alpha value is -1.92. The molecule has 0 spiro atoms. The van der Waals surface area contributed by atoms with Gasteiger partial charge < -0.3 is 15.8 Å². The van der Waals surface area contributed by atoms with Crippen LogP contribution in [-0.4, -0.2) is 30.6 Å². The highest BCUT2D eigenvalue weighted by molar-refractivity contribution is 7.09. The van der Waals surface area contributed by atoms with Crippen LogP contribution in [0.15, 0.2) is 29.6 Å². The van der Waals surface area contributed by atoms with Gasteiger partial charge in [-0.25, -0.2) is 4.98 Å². The summed E-state index contributed by atoms with van der Waals surface area (Å²) in [6, 6.07) is 7.79. The summed E-state index contributed by atoms with van der Waals surface area (Å²) in [6.45, 7) is 3.40. The van der Waals surface area contributed by atoms with Crippen LogP contribution in [0.4, 0.5) is 0 Å². The second-order valence-corrected chi connectivity index (χ2v) is 5.48. The van der Waals surface area contributed by atoms with Gasteiger partial charge in [-0.15, -0.1) is 11.3 Å². The molecule has 0 aliphatic carbocycles. The number of hydrogen-bond donors (Lipinski definition) is 2. The van der Waals surface area contributed by atoms with E-state index >= 15 is 0 Å². The molecule has 2 rings (SSSR count). The minimum atomic E-state index is -0.178. The van der Waals surface area contributed by atoms with Crippen LogP contribution in [0, 0.1) is 6.92 Å². The fourth-order valence-electron chi connectivity index (χ4n) is 1.79. The van der Waals surface area contributed by atoms with Crippen LogP contribution < -0.4 is 15.8 Å². The SMILES string of the molecule is Cc1ccccc1OCCNC(=O)c1csc(CCN)n1. The molecule has 3 N–H and O–H groups in total. The molecule has 0 saturated carbocycles. The van der Waals surface area contributed by atoms with Crippen molar-refractivity contribution in [2.45, 2.75) is 13.3 Å². The number of nitrogens with zero attached hydrogens (tertiary/aromatic N) is 1. The lowest BCUT2D eigenvalue weighted by atomic mass is 10.2. The highest BCUT2D eigenvalue weighted by atomic mass is 32.1. The molecule has 0 atom stereocenters.